The maximum absolute atomic E-state index is 10.9. The third kappa shape index (κ3) is 2.64. The molecule has 0 aromatic carbocycles. The van der Waals surface area contributed by atoms with Crippen molar-refractivity contribution in [3.8, 4) is 0 Å². The van der Waals surface area contributed by atoms with Crippen molar-refractivity contribution in [2.24, 2.45) is 11.7 Å². The molecule has 6 nitrogen and oxygen atoms in total. The van der Waals surface area contributed by atoms with E-state index in [9.17, 15) is 10.1 Å². The van der Waals surface area contributed by atoms with Crippen molar-refractivity contribution in [1.29, 1.82) is 0 Å². The molecule has 0 bridgehead atoms. The maximum atomic E-state index is 10.9. The van der Waals surface area contributed by atoms with Gasteiger partial charge in [-0.2, -0.15) is 0 Å². The monoisotopic (exact) mass is 342 g/mol. The summed E-state index contributed by atoms with van der Waals surface area (Å²) in [5, 5.41) is 10.9. The number of rotatable bonds is 3. The number of nitrogens with zero attached hydrogens (tertiary/aromatic N) is 3. The Bertz CT molecular complexity index is 523. The lowest BCUT2D eigenvalue weighted by atomic mass is 9.91. The Morgan fingerprint density at radius 3 is 2.95 bits per heavy atom. The van der Waals surface area contributed by atoms with Crippen LogP contribution in [0.3, 0.4) is 0 Å². The fourth-order valence-electron chi connectivity index (χ4n) is 2.81. The van der Waals surface area contributed by atoms with Gasteiger partial charge in [0.25, 0.3) is 5.69 Å². The molecule has 2 atom stereocenters. The zero-order valence-corrected chi connectivity index (χ0v) is 13.3. The molecule has 1 aromatic rings. The van der Waals surface area contributed by atoms with Crippen LogP contribution in [0.5, 0.6) is 0 Å². The number of nitro groups is 1. The van der Waals surface area contributed by atoms with Gasteiger partial charge >= 0.3 is 0 Å². The summed E-state index contributed by atoms with van der Waals surface area (Å²) in [5.74, 6) is 1.26. The van der Waals surface area contributed by atoms with Gasteiger partial charge in [-0.15, -0.1) is 0 Å². The van der Waals surface area contributed by atoms with Crippen LogP contribution in [0.15, 0.2) is 10.7 Å². The van der Waals surface area contributed by atoms with E-state index in [1.54, 1.807) is 6.92 Å². The highest BCUT2D eigenvalue weighted by Gasteiger charge is 2.31. The standard InChI is InChI=1S/C13H19BrN4O2/c1-8-4-3-5-17(10(8)6-15)13-12(14)9(2)11(7-16-13)18(19)20/h7-8,10H,3-6,15H2,1-2H3. The van der Waals surface area contributed by atoms with E-state index < -0.39 is 4.92 Å². The summed E-state index contributed by atoms with van der Waals surface area (Å²) in [6.45, 7) is 5.37. The second kappa shape index (κ2) is 6.05. The molecule has 7 heteroatoms. The van der Waals surface area contributed by atoms with Gasteiger partial charge in [-0.25, -0.2) is 4.98 Å². The highest BCUT2D eigenvalue weighted by Crippen LogP contribution is 2.36. The summed E-state index contributed by atoms with van der Waals surface area (Å²) < 4.78 is 0.694. The van der Waals surface area contributed by atoms with Crippen LogP contribution in [0.4, 0.5) is 11.5 Å². The van der Waals surface area contributed by atoms with Crippen LogP contribution in [0.2, 0.25) is 0 Å². The van der Waals surface area contributed by atoms with E-state index in [4.69, 9.17) is 5.73 Å². The Kier molecular flexibility index (Phi) is 4.59. The number of halogens is 1. The van der Waals surface area contributed by atoms with Gasteiger partial charge < -0.3 is 10.6 Å². The molecule has 0 radical (unpaired) electrons. The van der Waals surface area contributed by atoms with Crippen molar-refractivity contribution in [2.75, 3.05) is 18.0 Å². The molecule has 1 fully saturated rings. The highest BCUT2D eigenvalue weighted by molar-refractivity contribution is 9.10. The molecule has 1 aliphatic rings. The average molecular weight is 343 g/mol. The molecule has 20 heavy (non-hydrogen) atoms. The van der Waals surface area contributed by atoms with Crippen molar-refractivity contribution in [2.45, 2.75) is 32.7 Å². The van der Waals surface area contributed by atoms with Gasteiger partial charge in [-0.3, -0.25) is 10.1 Å². The SMILES string of the molecule is Cc1c([N+](=O)[O-])cnc(N2CCCC(C)C2CN)c1Br. The molecule has 2 unspecified atom stereocenters. The normalized spacial score (nSPS) is 22.9. The number of hydrogen-bond donors (Lipinski definition) is 1. The van der Waals surface area contributed by atoms with Gasteiger partial charge in [0.05, 0.1) is 9.40 Å². The fourth-order valence-corrected chi connectivity index (χ4v) is 3.35. The molecule has 2 N–H and O–H groups in total. The number of nitrogens with two attached hydrogens (primary N) is 1. The first kappa shape index (κ1) is 15.2. The van der Waals surface area contributed by atoms with Crippen LogP contribution in [0.1, 0.15) is 25.3 Å². The maximum Gasteiger partial charge on any atom is 0.291 e. The van der Waals surface area contributed by atoms with E-state index in [1.165, 1.54) is 6.20 Å². The topological polar surface area (TPSA) is 85.3 Å². The molecular formula is C13H19BrN4O2. The number of hydrogen-bond acceptors (Lipinski definition) is 5. The van der Waals surface area contributed by atoms with Crippen molar-refractivity contribution in [1.82, 2.24) is 4.98 Å². The molecule has 2 heterocycles. The first-order valence-corrected chi connectivity index (χ1v) is 7.52. The van der Waals surface area contributed by atoms with E-state index in [-0.39, 0.29) is 11.7 Å². The summed E-state index contributed by atoms with van der Waals surface area (Å²) in [7, 11) is 0. The smallest absolute Gasteiger partial charge is 0.291 e. The summed E-state index contributed by atoms with van der Waals surface area (Å²) >= 11 is 3.46. The van der Waals surface area contributed by atoms with Gasteiger partial charge in [0.15, 0.2) is 0 Å². The number of aromatic nitrogens is 1. The molecule has 0 spiro atoms. The van der Waals surface area contributed by atoms with E-state index in [1.807, 2.05) is 0 Å². The molecule has 110 valence electrons. The Morgan fingerprint density at radius 2 is 2.35 bits per heavy atom. The molecule has 1 saturated heterocycles. The lowest BCUT2D eigenvalue weighted by molar-refractivity contribution is -0.385. The number of piperidine rings is 1. The number of pyridine rings is 1. The van der Waals surface area contributed by atoms with Crippen LogP contribution < -0.4 is 10.6 Å². The molecule has 0 amide bonds. The molecule has 2 rings (SSSR count). The minimum atomic E-state index is -0.407. The second-order valence-corrected chi connectivity index (χ2v) is 6.07. The minimum Gasteiger partial charge on any atom is -0.351 e. The second-order valence-electron chi connectivity index (χ2n) is 5.28. The summed E-state index contributed by atoms with van der Waals surface area (Å²) in [5.41, 5.74) is 6.54. The van der Waals surface area contributed by atoms with E-state index in [2.05, 4.69) is 32.7 Å². The molecule has 0 saturated carbocycles. The molecular weight excluding hydrogens is 324 g/mol. The van der Waals surface area contributed by atoms with Crippen molar-refractivity contribution in [3.05, 3.63) is 26.3 Å². The van der Waals surface area contributed by atoms with Crippen LogP contribution >= 0.6 is 15.9 Å². The third-order valence-corrected chi connectivity index (χ3v) is 4.99. The van der Waals surface area contributed by atoms with Gasteiger partial charge in [0, 0.05) is 24.7 Å². The van der Waals surface area contributed by atoms with Crippen molar-refractivity contribution in [3.63, 3.8) is 0 Å². The van der Waals surface area contributed by atoms with E-state index in [0.717, 1.165) is 25.2 Å². The Labute approximate surface area is 126 Å². The van der Waals surface area contributed by atoms with Crippen molar-refractivity contribution >= 4 is 27.4 Å². The zero-order chi connectivity index (χ0) is 14.9. The van der Waals surface area contributed by atoms with E-state index >= 15 is 0 Å². The summed E-state index contributed by atoms with van der Waals surface area (Å²) in [6, 6.07) is 0.230. The molecule has 1 aromatic heterocycles. The predicted octanol–water partition coefficient (Wildman–Crippen LogP) is 2.62. The van der Waals surface area contributed by atoms with Crippen LogP contribution in [-0.4, -0.2) is 29.0 Å². The first-order valence-electron chi connectivity index (χ1n) is 6.73. The largest absolute Gasteiger partial charge is 0.351 e. The minimum absolute atomic E-state index is 0.0370. The van der Waals surface area contributed by atoms with E-state index in [0.29, 0.717) is 22.5 Å². The fraction of sp³-hybridized carbons (Fsp3) is 0.615. The van der Waals surface area contributed by atoms with Gasteiger partial charge in [0.2, 0.25) is 0 Å². The molecule has 1 aliphatic heterocycles. The average Bonchev–Trinajstić information content (AvgIpc) is 2.41. The number of anilines is 1. The molecule has 0 aliphatic carbocycles. The lowest BCUT2D eigenvalue weighted by Gasteiger charge is -2.40. The quantitative estimate of drug-likeness (QED) is 0.674. The highest BCUT2D eigenvalue weighted by atomic mass is 79.9. The van der Waals surface area contributed by atoms with Crippen LogP contribution in [-0.2, 0) is 0 Å². The zero-order valence-electron chi connectivity index (χ0n) is 11.7. The van der Waals surface area contributed by atoms with Crippen molar-refractivity contribution < 1.29 is 4.92 Å². The first-order chi connectivity index (χ1) is 9.47. The lowest BCUT2D eigenvalue weighted by Crippen LogP contribution is -2.49. The Hall–Kier alpha value is -1.21. The summed E-state index contributed by atoms with van der Waals surface area (Å²) in [4.78, 5) is 17.0. The van der Waals surface area contributed by atoms with Crippen LogP contribution in [0.25, 0.3) is 0 Å². The van der Waals surface area contributed by atoms with Gasteiger partial charge in [-0.05, 0) is 41.6 Å². The third-order valence-electron chi connectivity index (χ3n) is 4.04. The Balaban J connectivity index is 2.42. The Morgan fingerprint density at radius 1 is 1.65 bits per heavy atom. The predicted molar refractivity (Wildman–Crippen MR) is 81.9 cm³/mol. The van der Waals surface area contributed by atoms with Gasteiger partial charge in [-0.1, -0.05) is 6.92 Å². The van der Waals surface area contributed by atoms with Gasteiger partial charge in [0.1, 0.15) is 12.0 Å². The summed E-state index contributed by atoms with van der Waals surface area (Å²) in [6.07, 6.45) is 3.58. The van der Waals surface area contributed by atoms with Crippen LogP contribution in [0, 0.1) is 23.0 Å².